The van der Waals surface area contributed by atoms with E-state index in [1.54, 1.807) is 18.3 Å². The maximum absolute atomic E-state index is 13.0. The summed E-state index contributed by atoms with van der Waals surface area (Å²) in [5.41, 5.74) is 10.6. The molecule has 2 saturated carbocycles. The predicted molar refractivity (Wildman–Crippen MR) is 120 cm³/mol. The van der Waals surface area contributed by atoms with Crippen molar-refractivity contribution >= 4 is 22.4 Å². The molecule has 4 N–H and O–H groups in total. The lowest BCUT2D eigenvalue weighted by atomic mass is 9.91. The highest BCUT2D eigenvalue weighted by molar-refractivity contribution is 6.10. The van der Waals surface area contributed by atoms with Crippen molar-refractivity contribution < 1.29 is 9.90 Å². The van der Waals surface area contributed by atoms with Crippen LogP contribution in [0.25, 0.3) is 22.0 Å². The smallest absolute Gasteiger partial charge is 0.169 e. The number of aromatic nitrogens is 1. The third-order valence-electron chi connectivity index (χ3n) is 6.40. The third kappa shape index (κ3) is 3.77. The van der Waals surface area contributed by atoms with E-state index in [2.05, 4.69) is 16.4 Å². The molecule has 0 aliphatic heterocycles. The number of carbonyl (C=O) groups excluding carboxylic acids is 1. The van der Waals surface area contributed by atoms with E-state index in [9.17, 15) is 9.90 Å². The molecule has 0 saturated heterocycles. The number of hydrogen-bond acceptors (Lipinski definition) is 5. The summed E-state index contributed by atoms with van der Waals surface area (Å²) in [7, 11) is 0. The lowest BCUT2D eigenvalue weighted by Crippen LogP contribution is -2.33. The second-order valence-corrected chi connectivity index (χ2v) is 8.72. The van der Waals surface area contributed by atoms with Crippen molar-refractivity contribution in [3.8, 4) is 16.9 Å². The van der Waals surface area contributed by atoms with E-state index in [0.29, 0.717) is 11.6 Å². The quantitative estimate of drug-likeness (QED) is 0.530. The molecule has 2 aliphatic rings. The number of phenols is 1. The van der Waals surface area contributed by atoms with Crippen LogP contribution in [-0.2, 0) is 0 Å². The molecule has 2 fully saturated rings. The van der Waals surface area contributed by atoms with E-state index in [0.717, 1.165) is 66.2 Å². The van der Waals surface area contributed by atoms with Gasteiger partial charge in [0.1, 0.15) is 5.75 Å². The minimum Gasteiger partial charge on any atom is -0.508 e. The monoisotopic (exact) mass is 401 g/mol. The first-order valence-electron chi connectivity index (χ1n) is 10.9. The van der Waals surface area contributed by atoms with Gasteiger partial charge in [0.05, 0.1) is 16.8 Å². The van der Waals surface area contributed by atoms with Gasteiger partial charge in [-0.1, -0.05) is 18.2 Å². The molecule has 2 aromatic carbocycles. The summed E-state index contributed by atoms with van der Waals surface area (Å²) in [6.45, 7) is 0. The molecule has 3 aromatic rings. The zero-order valence-corrected chi connectivity index (χ0v) is 17.0. The van der Waals surface area contributed by atoms with Gasteiger partial charge in [-0.25, -0.2) is 0 Å². The summed E-state index contributed by atoms with van der Waals surface area (Å²) in [6.07, 6.45) is 7.74. The average Bonchev–Trinajstić information content (AvgIpc) is 3.61. The third-order valence-corrected chi connectivity index (χ3v) is 6.40. The number of benzene rings is 2. The van der Waals surface area contributed by atoms with E-state index in [-0.39, 0.29) is 23.5 Å². The number of aromatic hydroxyl groups is 1. The molecule has 0 bridgehead atoms. The fourth-order valence-corrected chi connectivity index (χ4v) is 4.40. The summed E-state index contributed by atoms with van der Waals surface area (Å²) in [4.78, 5) is 17.6. The van der Waals surface area contributed by atoms with Crippen molar-refractivity contribution in [1.82, 2.24) is 4.98 Å². The van der Waals surface area contributed by atoms with Gasteiger partial charge in [0.2, 0.25) is 0 Å². The van der Waals surface area contributed by atoms with E-state index in [4.69, 9.17) is 5.73 Å². The number of fused-ring (bicyclic) bond motifs is 1. The van der Waals surface area contributed by atoms with Crippen LogP contribution < -0.4 is 11.1 Å². The Morgan fingerprint density at radius 3 is 2.37 bits per heavy atom. The molecule has 0 spiro atoms. The van der Waals surface area contributed by atoms with Crippen LogP contribution in [0.15, 0.2) is 48.7 Å². The van der Waals surface area contributed by atoms with Crippen LogP contribution in [0.4, 0.5) is 5.69 Å². The van der Waals surface area contributed by atoms with Gasteiger partial charge >= 0.3 is 0 Å². The number of ketones is 1. The number of carbonyl (C=O) groups is 1. The molecule has 30 heavy (non-hydrogen) atoms. The van der Waals surface area contributed by atoms with Gasteiger partial charge in [0.25, 0.3) is 0 Å². The molecule has 5 heteroatoms. The van der Waals surface area contributed by atoms with Gasteiger partial charge in [-0.2, -0.15) is 0 Å². The Labute approximate surface area is 176 Å². The summed E-state index contributed by atoms with van der Waals surface area (Å²) in [5, 5.41) is 14.3. The van der Waals surface area contributed by atoms with E-state index in [1.165, 1.54) is 0 Å². The summed E-state index contributed by atoms with van der Waals surface area (Å²) < 4.78 is 0. The Morgan fingerprint density at radius 2 is 1.67 bits per heavy atom. The van der Waals surface area contributed by atoms with Crippen LogP contribution in [0.2, 0.25) is 0 Å². The molecule has 0 unspecified atom stereocenters. The van der Waals surface area contributed by atoms with E-state index < -0.39 is 0 Å². The van der Waals surface area contributed by atoms with Crippen LogP contribution in [0.1, 0.15) is 48.9 Å². The molecular formula is C25H27N3O2. The summed E-state index contributed by atoms with van der Waals surface area (Å²) >= 11 is 0. The van der Waals surface area contributed by atoms with Gasteiger partial charge in [-0.05, 0) is 73.9 Å². The standard InChI is InChI=1S/C25H27N3O2/c26-18-6-8-19(9-7-18)28-24-21-13-17(15-3-10-20(29)11-4-15)5-12-23(21)27-14-22(24)25(30)16-1-2-16/h3-5,10-14,16,18-19,29H,1-2,6-9,26H2,(H,27,28). The highest BCUT2D eigenvalue weighted by Crippen LogP contribution is 2.38. The Hall–Kier alpha value is -2.92. The van der Waals surface area contributed by atoms with E-state index >= 15 is 0 Å². The first kappa shape index (κ1) is 19.1. The van der Waals surface area contributed by atoms with Crippen LogP contribution in [0.5, 0.6) is 5.75 Å². The fourth-order valence-electron chi connectivity index (χ4n) is 4.40. The second kappa shape index (κ2) is 7.73. The molecule has 0 atom stereocenters. The summed E-state index contributed by atoms with van der Waals surface area (Å²) in [6, 6.07) is 13.9. The Bertz CT molecular complexity index is 1080. The van der Waals surface area contributed by atoms with Crippen LogP contribution in [0, 0.1) is 5.92 Å². The zero-order chi connectivity index (χ0) is 20.7. The number of pyridine rings is 1. The lowest BCUT2D eigenvalue weighted by molar-refractivity contribution is 0.0968. The topological polar surface area (TPSA) is 88.2 Å². The highest BCUT2D eigenvalue weighted by Gasteiger charge is 2.33. The largest absolute Gasteiger partial charge is 0.508 e. The molecule has 5 rings (SSSR count). The maximum atomic E-state index is 13.0. The average molecular weight is 402 g/mol. The van der Waals surface area contributed by atoms with Crippen molar-refractivity contribution in [1.29, 1.82) is 0 Å². The number of rotatable bonds is 5. The van der Waals surface area contributed by atoms with Gasteiger partial charge in [0.15, 0.2) is 5.78 Å². The number of nitrogens with one attached hydrogen (secondary N) is 1. The van der Waals surface area contributed by atoms with Gasteiger partial charge < -0.3 is 16.2 Å². The van der Waals surface area contributed by atoms with Gasteiger partial charge in [-0.3, -0.25) is 9.78 Å². The Morgan fingerprint density at radius 1 is 0.967 bits per heavy atom. The predicted octanol–water partition coefficient (Wildman–Crippen LogP) is 4.88. The Kier molecular flexibility index (Phi) is 4.91. The molecule has 2 aliphatic carbocycles. The molecule has 1 heterocycles. The van der Waals surface area contributed by atoms with E-state index in [1.807, 2.05) is 24.3 Å². The Balaban J connectivity index is 1.59. The van der Waals surface area contributed by atoms with Crippen LogP contribution >= 0.6 is 0 Å². The molecule has 0 amide bonds. The van der Waals surface area contributed by atoms with Crippen molar-refractivity contribution in [2.75, 3.05) is 5.32 Å². The number of nitrogens with zero attached hydrogens (tertiary/aromatic N) is 1. The number of anilines is 1. The van der Waals surface area contributed by atoms with Crippen molar-refractivity contribution in [2.24, 2.45) is 11.7 Å². The number of phenolic OH excluding ortho intramolecular Hbond substituents is 1. The number of hydrogen-bond donors (Lipinski definition) is 3. The molecule has 0 radical (unpaired) electrons. The molecule has 5 nitrogen and oxygen atoms in total. The fraction of sp³-hybridized carbons (Fsp3) is 0.360. The minimum absolute atomic E-state index is 0.143. The molecule has 1 aromatic heterocycles. The van der Waals surface area contributed by atoms with Gasteiger partial charge in [-0.15, -0.1) is 0 Å². The SMILES string of the molecule is NC1CCC(Nc2c(C(=O)C3CC3)cnc3ccc(-c4ccc(O)cc4)cc23)CC1. The first-order chi connectivity index (χ1) is 14.6. The number of Topliss-reactive ketones (excluding diaryl/α,β-unsaturated/α-hetero) is 1. The highest BCUT2D eigenvalue weighted by atomic mass is 16.3. The summed E-state index contributed by atoms with van der Waals surface area (Å²) in [5.74, 6) is 0.593. The minimum atomic E-state index is 0.143. The maximum Gasteiger partial charge on any atom is 0.169 e. The normalized spacial score (nSPS) is 21.5. The number of nitrogens with two attached hydrogens (primary N) is 1. The van der Waals surface area contributed by atoms with Gasteiger partial charge in [0, 0.05) is 29.6 Å². The van der Waals surface area contributed by atoms with Crippen molar-refractivity contribution in [3.05, 3.63) is 54.2 Å². The lowest BCUT2D eigenvalue weighted by Gasteiger charge is -2.29. The second-order valence-electron chi connectivity index (χ2n) is 8.72. The molecule has 154 valence electrons. The zero-order valence-electron chi connectivity index (χ0n) is 17.0. The van der Waals surface area contributed by atoms with Crippen LogP contribution in [-0.4, -0.2) is 28.0 Å². The van der Waals surface area contributed by atoms with Crippen LogP contribution in [0.3, 0.4) is 0 Å². The van der Waals surface area contributed by atoms with Crippen molar-refractivity contribution in [3.63, 3.8) is 0 Å². The molecular weight excluding hydrogens is 374 g/mol. The van der Waals surface area contributed by atoms with Crippen molar-refractivity contribution in [2.45, 2.75) is 50.6 Å². The first-order valence-corrected chi connectivity index (χ1v) is 10.9.